The highest BCUT2D eigenvalue weighted by molar-refractivity contribution is 5.94. The smallest absolute Gasteiger partial charge is 0.255 e. The molecular weight excluding hydrogens is 256 g/mol. The van der Waals surface area contributed by atoms with E-state index in [2.05, 4.69) is 15.1 Å². The van der Waals surface area contributed by atoms with Gasteiger partial charge in [-0.05, 0) is 12.1 Å². The van der Waals surface area contributed by atoms with Crippen molar-refractivity contribution in [3.05, 3.63) is 41.8 Å². The zero-order chi connectivity index (χ0) is 14.1. The van der Waals surface area contributed by atoms with Crippen LogP contribution in [-0.4, -0.2) is 39.0 Å². The summed E-state index contributed by atoms with van der Waals surface area (Å²) in [7, 11) is 0. The Bertz CT molecular complexity index is 603. The Labute approximate surface area is 116 Å². The molecule has 20 heavy (non-hydrogen) atoms. The van der Waals surface area contributed by atoms with E-state index in [0.717, 1.165) is 5.82 Å². The van der Waals surface area contributed by atoms with Crippen molar-refractivity contribution in [3.8, 4) is 0 Å². The molecule has 3 heterocycles. The van der Waals surface area contributed by atoms with Gasteiger partial charge in [-0.1, -0.05) is 19.0 Å². The highest BCUT2D eigenvalue weighted by Crippen LogP contribution is 2.27. The summed E-state index contributed by atoms with van der Waals surface area (Å²) in [6.45, 7) is 5.28. The zero-order valence-electron chi connectivity index (χ0n) is 11.5. The van der Waals surface area contributed by atoms with E-state index in [9.17, 15) is 4.79 Å². The second-order valence-corrected chi connectivity index (χ2v) is 5.29. The molecular formula is C14H16N4O2. The summed E-state index contributed by atoms with van der Waals surface area (Å²) in [4.78, 5) is 22.2. The third kappa shape index (κ3) is 2.29. The molecule has 1 amide bonds. The van der Waals surface area contributed by atoms with Crippen LogP contribution in [0.2, 0.25) is 0 Å². The van der Waals surface area contributed by atoms with Crippen molar-refractivity contribution in [2.24, 2.45) is 0 Å². The molecule has 0 atom stereocenters. The summed E-state index contributed by atoms with van der Waals surface area (Å²) in [6, 6.07) is 3.53. The van der Waals surface area contributed by atoms with Gasteiger partial charge >= 0.3 is 0 Å². The van der Waals surface area contributed by atoms with Gasteiger partial charge in [0.05, 0.1) is 11.5 Å². The maximum Gasteiger partial charge on any atom is 0.255 e. The van der Waals surface area contributed by atoms with E-state index in [4.69, 9.17) is 4.52 Å². The van der Waals surface area contributed by atoms with Crippen molar-refractivity contribution in [2.75, 3.05) is 13.1 Å². The minimum absolute atomic E-state index is 0.00190. The van der Waals surface area contributed by atoms with E-state index in [1.165, 1.54) is 0 Å². The topological polar surface area (TPSA) is 72.1 Å². The predicted molar refractivity (Wildman–Crippen MR) is 71.3 cm³/mol. The number of aromatic nitrogens is 3. The summed E-state index contributed by atoms with van der Waals surface area (Å²) in [5.74, 6) is 1.75. The van der Waals surface area contributed by atoms with Gasteiger partial charge in [-0.25, -0.2) is 0 Å². The lowest BCUT2D eigenvalue weighted by Gasteiger charge is -2.37. The summed E-state index contributed by atoms with van der Waals surface area (Å²) < 4.78 is 5.25. The van der Waals surface area contributed by atoms with Crippen LogP contribution in [0.1, 0.15) is 47.8 Å². The molecule has 1 aliphatic heterocycles. The van der Waals surface area contributed by atoms with Crippen molar-refractivity contribution < 1.29 is 9.32 Å². The number of nitrogens with zero attached hydrogens (tertiary/aromatic N) is 4. The molecule has 0 aliphatic carbocycles. The lowest BCUT2D eigenvalue weighted by atomic mass is 9.99. The Balaban J connectivity index is 1.62. The summed E-state index contributed by atoms with van der Waals surface area (Å²) in [5, 5.41) is 3.95. The normalized spacial score (nSPS) is 15.4. The Morgan fingerprint density at radius 3 is 2.85 bits per heavy atom. The quantitative estimate of drug-likeness (QED) is 0.852. The van der Waals surface area contributed by atoms with Crippen LogP contribution in [-0.2, 0) is 0 Å². The molecule has 0 saturated carbocycles. The number of amides is 1. The summed E-state index contributed by atoms with van der Waals surface area (Å²) >= 11 is 0. The predicted octanol–water partition coefficient (Wildman–Crippen LogP) is 1.83. The van der Waals surface area contributed by atoms with Gasteiger partial charge in [0.25, 0.3) is 5.91 Å². The number of rotatable bonds is 3. The summed E-state index contributed by atoms with van der Waals surface area (Å²) in [5.41, 5.74) is 0.611. The van der Waals surface area contributed by atoms with Crippen LogP contribution >= 0.6 is 0 Å². The molecule has 0 radical (unpaired) electrons. The van der Waals surface area contributed by atoms with Crippen molar-refractivity contribution >= 4 is 5.91 Å². The SMILES string of the molecule is CC(C)c1noc(C2CN(C(=O)c3cccnc3)C2)n1. The molecule has 104 valence electrons. The van der Waals surface area contributed by atoms with Crippen LogP contribution in [0.4, 0.5) is 0 Å². The van der Waals surface area contributed by atoms with E-state index in [1.807, 2.05) is 13.8 Å². The second kappa shape index (κ2) is 5.03. The molecule has 2 aromatic rings. The number of carbonyl (C=O) groups is 1. The van der Waals surface area contributed by atoms with Gasteiger partial charge in [-0.15, -0.1) is 0 Å². The van der Waals surface area contributed by atoms with E-state index < -0.39 is 0 Å². The number of hydrogen-bond donors (Lipinski definition) is 0. The maximum absolute atomic E-state index is 12.1. The highest BCUT2D eigenvalue weighted by Gasteiger charge is 2.36. The van der Waals surface area contributed by atoms with Crippen LogP contribution in [0.5, 0.6) is 0 Å². The van der Waals surface area contributed by atoms with Gasteiger partial charge in [-0.3, -0.25) is 9.78 Å². The van der Waals surface area contributed by atoms with Crippen LogP contribution in [0.3, 0.4) is 0 Å². The molecule has 6 heteroatoms. The Hall–Kier alpha value is -2.24. The minimum Gasteiger partial charge on any atom is -0.339 e. The molecule has 1 fully saturated rings. The molecule has 2 aromatic heterocycles. The third-order valence-corrected chi connectivity index (χ3v) is 3.40. The Morgan fingerprint density at radius 1 is 1.45 bits per heavy atom. The van der Waals surface area contributed by atoms with Crippen molar-refractivity contribution in [2.45, 2.75) is 25.7 Å². The number of carbonyl (C=O) groups excluding carboxylic acids is 1. The maximum atomic E-state index is 12.1. The molecule has 3 rings (SSSR count). The first-order chi connectivity index (χ1) is 9.65. The van der Waals surface area contributed by atoms with E-state index in [0.29, 0.717) is 24.5 Å². The first kappa shape index (κ1) is 12.8. The first-order valence-corrected chi connectivity index (χ1v) is 6.68. The fourth-order valence-corrected chi connectivity index (χ4v) is 2.12. The van der Waals surface area contributed by atoms with Crippen LogP contribution in [0.15, 0.2) is 29.0 Å². The Kier molecular flexibility index (Phi) is 3.22. The average Bonchev–Trinajstić information content (AvgIpc) is 2.87. The Morgan fingerprint density at radius 2 is 2.25 bits per heavy atom. The first-order valence-electron chi connectivity index (χ1n) is 6.68. The van der Waals surface area contributed by atoms with Crippen LogP contribution < -0.4 is 0 Å². The average molecular weight is 272 g/mol. The molecule has 1 saturated heterocycles. The van der Waals surface area contributed by atoms with Gasteiger partial charge in [0.1, 0.15) is 0 Å². The lowest BCUT2D eigenvalue weighted by Crippen LogP contribution is -2.48. The zero-order valence-corrected chi connectivity index (χ0v) is 11.5. The minimum atomic E-state index is -0.00190. The fraction of sp³-hybridized carbons (Fsp3) is 0.429. The molecule has 0 unspecified atom stereocenters. The van der Waals surface area contributed by atoms with E-state index in [-0.39, 0.29) is 17.7 Å². The second-order valence-electron chi connectivity index (χ2n) is 5.29. The van der Waals surface area contributed by atoms with Gasteiger partial charge < -0.3 is 9.42 Å². The fourth-order valence-electron chi connectivity index (χ4n) is 2.12. The number of hydrogen-bond acceptors (Lipinski definition) is 5. The standard InChI is InChI=1S/C14H16N4O2/c1-9(2)12-16-13(20-17-12)11-7-18(8-11)14(19)10-4-3-5-15-6-10/h3-6,9,11H,7-8H2,1-2H3. The van der Waals surface area contributed by atoms with Gasteiger partial charge in [0, 0.05) is 31.4 Å². The van der Waals surface area contributed by atoms with Crippen molar-refractivity contribution in [1.82, 2.24) is 20.0 Å². The third-order valence-electron chi connectivity index (χ3n) is 3.40. The molecule has 6 nitrogen and oxygen atoms in total. The van der Waals surface area contributed by atoms with E-state index in [1.54, 1.807) is 29.4 Å². The molecule has 0 bridgehead atoms. The van der Waals surface area contributed by atoms with Crippen molar-refractivity contribution in [1.29, 1.82) is 0 Å². The monoisotopic (exact) mass is 272 g/mol. The van der Waals surface area contributed by atoms with Gasteiger partial charge in [-0.2, -0.15) is 4.98 Å². The van der Waals surface area contributed by atoms with Crippen LogP contribution in [0.25, 0.3) is 0 Å². The van der Waals surface area contributed by atoms with Crippen LogP contribution in [0, 0.1) is 0 Å². The number of pyridine rings is 1. The molecule has 0 spiro atoms. The number of likely N-dealkylation sites (tertiary alicyclic amines) is 1. The largest absolute Gasteiger partial charge is 0.339 e. The highest BCUT2D eigenvalue weighted by atomic mass is 16.5. The molecule has 1 aliphatic rings. The van der Waals surface area contributed by atoms with Gasteiger partial charge in [0.2, 0.25) is 5.89 Å². The summed E-state index contributed by atoms with van der Waals surface area (Å²) in [6.07, 6.45) is 3.24. The lowest BCUT2D eigenvalue weighted by molar-refractivity contribution is 0.0569. The molecule has 0 aromatic carbocycles. The molecule has 0 N–H and O–H groups in total. The van der Waals surface area contributed by atoms with Gasteiger partial charge in [0.15, 0.2) is 5.82 Å². The van der Waals surface area contributed by atoms with E-state index >= 15 is 0 Å². The van der Waals surface area contributed by atoms with Crippen molar-refractivity contribution in [3.63, 3.8) is 0 Å².